The maximum Gasteiger partial charge on any atom is 0.251 e. The minimum atomic E-state index is -0.197. The lowest BCUT2D eigenvalue weighted by molar-refractivity contribution is 0.768. The van der Waals surface area contributed by atoms with Crippen LogP contribution in [0.2, 0.25) is 0 Å². The van der Waals surface area contributed by atoms with E-state index in [9.17, 15) is 4.79 Å². The molecule has 6 heteroatoms. The van der Waals surface area contributed by atoms with Gasteiger partial charge in [-0.05, 0) is 18.6 Å². The number of pyridine rings is 1. The topological polar surface area (TPSA) is 76.5 Å². The lowest BCUT2D eigenvalue weighted by atomic mass is 10.1. The van der Waals surface area contributed by atoms with E-state index in [-0.39, 0.29) is 5.56 Å². The van der Waals surface area contributed by atoms with E-state index in [2.05, 4.69) is 20.1 Å². The molecule has 0 fully saturated rings. The van der Waals surface area contributed by atoms with Crippen LogP contribution in [0, 0.1) is 6.92 Å². The Labute approximate surface area is 115 Å². The lowest BCUT2D eigenvalue weighted by Gasteiger charge is -2.05. The highest BCUT2D eigenvalue weighted by molar-refractivity contribution is 5.63. The Balaban J connectivity index is 2.17. The predicted molar refractivity (Wildman–Crippen MR) is 75.0 cm³/mol. The Morgan fingerprint density at radius 3 is 2.85 bits per heavy atom. The van der Waals surface area contributed by atoms with Gasteiger partial charge in [-0.15, -0.1) is 0 Å². The van der Waals surface area contributed by atoms with Gasteiger partial charge in [-0.1, -0.05) is 0 Å². The lowest BCUT2D eigenvalue weighted by Crippen LogP contribution is -2.09. The van der Waals surface area contributed by atoms with Gasteiger partial charge in [-0.3, -0.25) is 14.5 Å². The van der Waals surface area contributed by atoms with Crippen molar-refractivity contribution >= 4 is 0 Å². The van der Waals surface area contributed by atoms with Gasteiger partial charge in [0.15, 0.2) is 0 Å². The zero-order valence-corrected chi connectivity index (χ0v) is 11.2. The first-order valence-electron chi connectivity index (χ1n) is 6.15. The molecule has 100 valence electrons. The third-order valence-corrected chi connectivity index (χ3v) is 3.04. The second-order valence-corrected chi connectivity index (χ2v) is 4.57. The summed E-state index contributed by atoms with van der Waals surface area (Å²) in [5.41, 5.74) is 3.03. The van der Waals surface area contributed by atoms with Crippen LogP contribution in [0.15, 0.2) is 41.7 Å². The highest BCUT2D eigenvalue weighted by Crippen LogP contribution is 2.20. The molecule has 0 aromatic carbocycles. The molecule has 0 unspecified atom stereocenters. The van der Waals surface area contributed by atoms with Crippen LogP contribution in [0.25, 0.3) is 22.6 Å². The molecule has 0 aliphatic rings. The van der Waals surface area contributed by atoms with Crippen LogP contribution < -0.4 is 5.56 Å². The molecule has 0 saturated carbocycles. The molecule has 0 saturated heterocycles. The Hall–Kier alpha value is -2.76. The number of aromatic nitrogens is 5. The average molecular weight is 267 g/mol. The molecule has 0 aliphatic carbocycles. The first-order valence-corrected chi connectivity index (χ1v) is 6.15. The van der Waals surface area contributed by atoms with Gasteiger partial charge < -0.3 is 4.98 Å². The zero-order chi connectivity index (χ0) is 14.1. The molecule has 0 aliphatic heterocycles. The van der Waals surface area contributed by atoms with Crippen molar-refractivity contribution in [2.45, 2.75) is 6.92 Å². The first kappa shape index (κ1) is 12.3. The number of aromatic amines is 1. The SMILES string of the molecule is Cc1ccncc1-c1nc(-c2cnn(C)c2)cc(=O)[nH]1. The number of hydrogen-bond donors (Lipinski definition) is 1. The van der Waals surface area contributed by atoms with E-state index in [1.165, 1.54) is 6.07 Å². The quantitative estimate of drug-likeness (QED) is 0.764. The molecular formula is C14H13N5O. The summed E-state index contributed by atoms with van der Waals surface area (Å²) in [6, 6.07) is 3.35. The zero-order valence-electron chi connectivity index (χ0n) is 11.2. The molecule has 1 N–H and O–H groups in total. The highest BCUT2D eigenvalue weighted by atomic mass is 16.1. The van der Waals surface area contributed by atoms with E-state index < -0.39 is 0 Å². The van der Waals surface area contributed by atoms with Crippen molar-refractivity contribution < 1.29 is 0 Å². The number of nitrogens with one attached hydrogen (secondary N) is 1. The second-order valence-electron chi connectivity index (χ2n) is 4.57. The van der Waals surface area contributed by atoms with Crippen molar-refractivity contribution in [3.8, 4) is 22.6 Å². The summed E-state index contributed by atoms with van der Waals surface area (Å²) in [4.78, 5) is 23.2. The molecule has 6 nitrogen and oxygen atoms in total. The van der Waals surface area contributed by atoms with Gasteiger partial charge in [0.25, 0.3) is 5.56 Å². The van der Waals surface area contributed by atoms with Crippen molar-refractivity contribution in [2.75, 3.05) is 0 Å². The molecule has 3 heterocycles. The normalized spacial score (nSPS) is 10.7. The molecule has 3 rings (SSSR count). The third-order valence-electron chi connectivity index (χ3n) is 3.04. The van der Waals surface area contributed by atoms with E-state index in [1.807, 2.05) is 26.2 Å². The van der Waals surface area contributed by atoms with Crippen LogP contribution in [-0.2, 0) is 7.05 Å². The van der Waals surface area contributed by atoms with E-state index in [0.717, 1.165) is 16.7 Å². The summed E-state index contributed by atoms with van der Waals surface area (Å²) in [7, 11) is 1.82. The van der Waals surface area contributed by atoms with Gasteiger partial charge in [0.1, 0.15) is 5.82 Å². The second kappa shape index (κ2) is 4.73. The molecule has 0 spiro atoms. The van der Waals surface area contributed by atoms with Crippen LogP contribution in [0.4, 0.5) is 0 Å². The van der Waals surface area contributed by atoms with E-state index in [1.54, 1.807) is 23.3 Å². The largest absolute Gasteiger partial charge is 0.306 e. The fourth-order valence-electron chi connectivity index (χ4n) is 2.00. The monoisotopic (exact) mass is 267 g/mol. The summed E-state index contributed by atoms with van der Waals surface area (Å²) in [6.07, 6.45) is 6.91. The summed E-state index contributed by atoms with van der Waals surface area (Å²) in [6.45, 7) is 1.95. The van der Waals surface area contributed by atoms with Crippen LogP contribution >= 0.6 is 0 Å². The van der Waals surface area contributed by atoms with Gasteiger partial charge in [0.05, 0.1) is 11.9 Å². The summed E-state index contributed by atoms with van der Waals surface area (Å²) >= 11 is 0. The van der Waals surface area contributed by atoms with Gasteiger partial charge in [0, 0.05) is 42.8 Å². The number of aryl methyl sites for hydroxylation is 2. The Kier molecular flexibility index (Phi) is 2.90. The van der Waals surface area contributed by atoms with Gasteiger partial charge in [-0.2, -0.15) is 5.10 Å². The molecular weight excluding hydrogens is 254 g/mol. The fraction of sp³-hybridized carbons (Fsp3) is 0.143. The molecule has 0 amide bonds. The summed E-state index contributed by atoms with van der Waals surface area (Å²) in [5.74, 6) is 0.516. The fourth-order valence-corrected chi connectivity index (χ4v) is 2.00. The van der Waals surface area contributed by atoms with Gasteiger partial charge in [-0.25, -0.2) is 4.98 Å². The molecule has 0 radical (unpaired) electrons. The van der Waals surface area contributed by atoms with Gasteiger partial charge >= 0.3 is 0 Å². The highest BCUT2D eigenvalue weighted by Gasteiger charge is 2.09. The summed E-state index contributed by atoms with van der Waals surface area (Å²) < 4.78 is 1.67. The third kappa shape index (κ3) is 2.23. The van der Waals surface area contributed by atoms with Crippen LogP contribution in [0.5, 0.6) is 0 Å². The predicted octanol–water partition coefficient (Wildman–Crippen LogP) is 1.54. The molecule has 3 aromatic heterocycles. The number of H-pyrrole nitrogens is 1. The van der Waals surface area contributed by atoms with Crippen LogP contribution in [-0.4, -0.2) is 24.7 Å². The Bertz CT molecular complexity index is 818. The van der Waals surface area contributed by atoms with Gasteiger partial charge in [0.2, 0.25) is 0 Å². The van der Waals surface area contributed by atoms with E-state index in [4.69, 9.17) is 0 Å². The molecule has 0 atom stereocenters. The number of nitrogens with zero attached hydrogens (tertiary/aromatic N) is 4. The van der Waals surface area contributed by atoms with Crippen LogP contribution in [0.3, 0.4) is 0 Å². The maximum absolute atomic E-state index is 11.8. The minimum absolute atomic E-state index is 0.197. The standard InChI is InChI=1S/C14H13N5O/c1-9-3-4-15-7-11(9)14-17-12(5-13(20)18-14)10-6-16-19(2)8-10/h3-8H,1-2H3,(H,17,18,20). The van der Waals surface area contributed by atoms with Crippen molar-refractivity contribution in [2.24, 2.45) is 7.05 Å². The molecule has 0 bridgehead atoms. The number of hydrogen-bond acceptors (Lipinski definition) is 4. The summed E-state index contributed by atoms with van der Waals surface area (Å²) in [5, 5.41) is 4.09. The van der Waals surface area contributed by atoms with Crippen LogP contribution in [0.1, 0.15) is 5.56 Å². The first-order chi connectivity index (χ1) is 9.63. The van der Waals surface area contributed by atoms with E-state index >= 15 is 0 Å². The maximum atomic E-state index is 11.8. The Morgan fingerprint density at radius 2 is 2.15 bits per heavy atom. The average Bonchev–Trinajstić information content (AvgIpc) is 2.85. The van der Waals surface area contributed by atoms with Crippen molar-refractivity contribution in [1.82, 2.24) is 24.7 Å². The molecule has 20 heavy (non-hydrogen) atoms. The number of rotatable bonds is 2. The minimum Gasteiger partial charge on any atom is -0.306 e. The van der Waals surface area contributed by atoms with Crippen molar-refractivity contribution in [3.63, 3.8) is 0 Å². The van der Waals surface area contributed by atoms with Crippen molar-refractivity contribution in [1.29, 1.82) is 0 Å². The van der Waals surface area contributed by atoms with E-state index in [0.29, 0.717) is 11.5 Å². The van der Waals surface area contributed by atoms with Crippen molar-refractivity contribution in [3.05, 3.63) is 52.8 Å². The molecule has 3 aromatic rings. The smallest absolute Gasteiger partial charge is 0.251 e. The Morgan fingerprint density at radius 1 is 1.30 bits per heavy atom.